The van der Waals surface area contributed by atoms with Gasteiger partial charge in [0.1, 0.15) is 6.61 Å². The topological polar surface area (TPSA) is 30.5 Å². The standard InChI is InChI=1S/C25H27NO2/c1-17-8-7-9-18(2)24(17)25-21-15-23(28-16-19-10-5-4-6-11-19)22(27-3)14-20(21)12-13-26-25/h4-11,14-15,25-26H,12-13,16H2,1-3H3. The molecule has 3 aromatic carbocycles. The summed E-state index contributed by atoms with van der Waals surface area (Å²) in [6.07, 6.45) is 0.992. The highest BCUT2D eigenvalue weighted by Crippen LogP contribution is 2.39. The van der Waals surface area contributed by atoms with Crippen molar-refractivity contribution in [2.45, 2.75) is 32.9 Å². The van der Waals surface area contributed by atoms with Gasteiger partial charge in [-0.15, -0.1) is 0 Å². The number of benzene rings is 3. The summed E-state index contributed by atoms with van der Waals surface area (Å²) >= 11 is 0. The smallest absolute Gasteiger partial charge is 0.162 e. The summed E-state index contributed by atoms with van der Waals surface area (Å²) in [4.78, 5) is 0. The average molecular weight is 373 g/mol. The second-order valence-electron chi connectivity index (χ2n) is 7.42. The van der Waals surface area contributed by atoms with Crippen LogP contribution in [0.3, 0.4) is 0 Å². The van der Waals surface area contributed by atoms with E-state index in [1.165, 1.54) is 27.8 Å². The van der Waals surface area contributed by atoms with Gasteiger partial charge >= 0.3 is 0 Å². The van der Waals surface area contributed by atoms with Gasteiger partial charge in [0, 0.05) is 6.54 Å². The molecule has 0 saturated heterocycles. The molecule has 3 heteroatoms. The molecule has 3 aromatic rings. The fraction of sp³-hybridized carbons (Fsp3) is 0.280. The van der Waals surface area contributed by atoms with Crippen LogP contribution < -0.4 is 14.8 Å². The van der Waals surface area contributed by atoms with Crippen LogP contribution in [0.25, 0.3) is 0 Å². The third-order valence-electron chi connectivity index (χ3n) is 5.55. The molecule has 1 aliphatic rings. The number of ether oxygens (including phenoxy) is 2. The van der Waals surface area contributed by atoms with Gasteiger partial charge in [0.25, 0.3) is 0 Å². The lowest BCUT2D eigenvalue weighted by Gasteiger charge is -2.30. The molecular weight excluding hydrogens is 346 g/mol. The molecule has 28 heavy (non-hydrogen) atoms. The van der Waals surface area contributed by atoms with Crippen molar-refractivity contribution in [3.8, 4) is 11.5 Å². The summed E-state index contributed by atoms with van der Waals surface area (Å²) in [5.74, 6) is 1.60. The van der Waals surface area contributed by atoms with Crippen LogP contribution in [0.5, 0.6) is 11.5 Å². The maximum Gasteiger partial charge on any atom is 0.162 e. The van der Waals surface area contributed by atoms with Crippen LogP contribution in [0.2, 0.25) is 0 Å². The van der Waals surface area contributed by atoms with E-state index in [4.69, 9.17) is 9.47 Å². The molecule has 1 aliphatic heterocycles. The first kappa shape index (κ1) is 18.6. The third kappa shape index (κ3) is 3.63. The normalized spacial score (nSPS) is 15.8. The minimum Gasteiger partial charge on any atom is -0.493 e. The highest BCUT2D eigenvalue weighted by atomic mass is 16.5. The van der Waals surface area contributed by atoms with Gasteiger partial charge in [-0.05, 0) is 65.8 Å². The van der Waals surface area contributed by atoms with Crippen molar-refractivity contribution in [2.24, 2.45) is 0 Å². The summed E-state index contributed by atoms with van der Waals surface area (Å²) in [7, 11) is 1.71. The second-order valence-corrected chi connectivity index (χ2v) is 7.42. The molecule has 0 spiro atoms. The zero-order valence-electron chi connectivity index (χ0n) is 16.8. The van der Waals surface area contributed by atoms with Crippen LogP contribution in [0.1, 0.15) is 39.4 Å². The predicted molar refractivity (Wildman–Crippen MR) is 113 cm³/mol. The van der Waals surface area contributed by atoms with E-state index >= 15 is 0 Å². The molecule has 0 radical (unpaired) electrons. The molecule has 0 aromatic heterocycles. The van der Waals surface area contributed by atoms with E-state index < -0.39 is 0 Å². The highest BCUT2D eigenvalue weighted by Gasteiger charge is 2.26. The largest absolute Gasteiger partial charge is 0.493 e. The quantitative estimate of drug-likeness (QED) is 0.673. The van der Waals surface area contributed by atoms with Gasteiger partial charge in [-0.2, -0.15) is 0 Å². The van der Waals surface area contributed by atoms with Crippen LogP contribution in [-0.2, 0) is 13.0 Å². The van der Waals surface area contributed by atoms with Crippen molar-refractivity contribution >= 4 is 0 Å². The highest BCUT2D eigenvalue weighted by molar-refractivity contribution is 5.53. The number of fused-ring (bicyclic) bond motifs is 1. The number of hydrogen-bond acceptors (Lipinski definition) is 3. The van der Waals surface area contributed by atoms with Crippen molar-refractivity contribution in [1.29, 1.82) is 0 Å². The Kier molecular flexibility index (Phi) is 5.36. The van der Waals surface area contributed by atoms with Crippen LogP contribution >= 0.6 is 0 Å². The Balaban J connectivity index is 1.72. The molecule has 1 unspecified atom stereocenters. The maximum absolute atomic E-state index is 6.17. The molecule has 4 rings (SSSR count). The molecule has 1 atom stereocenters. The minimum atomic E-state index is 0.176. The van der Waals surface area contributed by atoms with Crippen molar-refractivity contribution in [2.75, 3.05) is 13.7 Å². The van der Waals surface area contributed by atoms with E-state index in [0.29, 0.717) is 6.61 Å². The molecular formula is C25H27NO2. The first-order valence-electron chi connectivity index (χ1n) is 9.84. The zero-order chi connectivity index (χ0) is 19.5. The van der Waals surface area contributed by atoms with E-state index in [0.717, 1.165) is 30.0 Å². The molecule has 144 valence electrons. The van der Waals surface area contributed by atoms with Crippen molar-refractivity contribution in [3.63, 3.8) is 0 Å². The fourth-order valence-corrected chi connectivity index (χ4v) is 4.11. The lowest BCUT2D eigenvalue weighted by molar-refractivity contribution is 0.283. The van der Waals surface area contributed by atoms with Gasteiger partial charge < -0.3 is 14.8 Å². The SMILES string of the molecule is COc1cc2c(cc1OCc1ccccc1)C(c1c(C)cccc1C)NCC2. The molecule has 0 bridgehead atoms. The molecule has 0 amide bonds. The monoisotopic (exact) mass is 373 g/mol. The number of methoxy groups -OCH3 is 1. The first-order chi connectivity index (χ1) is 13.7. The van der Waals surface area contributed by atoms with Crippen molar-refractivity contribution in [3.05, 3.63) is 94.0 Å². The molecule has 1 heterocycles. The summed E-state index contributed by atoms with van der Waals surface area (Å²) in [5.41, 5.74) is 7.75. The van der Waals surface area contributed by atoms with Crippen LogP contribution in [-0.4, -0.2) is 13.7 Å². The third-order valence-corrected chi connectivity index (χ3v) is 5.55. The summed E-state index contributed by atoms with van der Waals surface area (Å²) in [6.45, 7) is 5.86. The number of nitrogens with one attached hydrogen (secondary N) is 1. The van der Waals surface area contributed by atoms with E-state index in [1.807, 2.05) is 18.2 Å². The zero-order valence-corrected chi connectivity index (χ0v) is 16.8. The first-order valence-corrected chi connectivity index (χ1v) is 9.84. The Labute approximate surface area is 167 Å². The lowest BCUT2D eigenvalue weighted by Crippen LogP contribution is -2.31. The van der Waals surface area contributed by atoms with Gasteiger partial charge in [-0.1, -0.05) is 48.5 Å². The Bertz CT molecular complexity index is 946. The van der Waals surface area contributed by atoms with Gasteiger partial charge in [-0.3, -0.25) is 0 Å². The van der Waals surface area contributed by atoms with Gasteiger partial charge in [0.2, 0.25) is 0 Å². The Morgan fingerprint density at radius 1 is 0.929 bits per heavy atom. The number of hydrogen-bond donors (Lipinski definition) is 1. The second kappa shape index (κ2) is 8.07. The van der Waals surface area contributed by atoms with Crippen LogP contribution in [0.15, 0.2) is 60.7 Å². The number of aryl methyl sites for hydroxylation is 2. The predicted octanol–water partition coefficient (Wildman–Crippen LogP) is 5.13. The van der Waals surface area contributed by atoms with E-state index in [9.17, 15) is 0 Å². The lowest BCUT2D eigenvalue weighted by atomic mass is 9.85. The molecule has 0 aliphatic carbocycles. The van der Waals surface area contributed by atoms with Crippen LogP contribution in [0.4, 0.5) is 0 Å². The average Bonchev–Trinajstić information content (AvgIpc) is 2.72. The van der Waals surface area contributed by atoms with Gasteiger partial charge in [0.05, 0.1) is 13.2 Å². The van der Waals surface area contributed by atoms with E-state index in [2.05, 4.69) is 61.6 Å². The summed E-state index contributed by atoms with van der Waals surface area (Å²) in [6, 6.07) is 21.2. The Morgan fingerprint density at radius 3 is 2.39 bits per heavy atom. The van der Waals surface area contributed by atoms with Crippen molar-refractivity contribution in [1.82, 2.24) is 5.32 Å². The summed E-state index contributed by atoms with van der Waals surface area (Å²) < 4.78 is 11.8. The molecule has 3 nitrogen and oxygen atoms in total. The minimum absolute atomic E-state index is 0.176. The Morgan fingerprint density at radius 2 is 1.68 bits per heavy atom. The molecule has 0 fully saturated rings. The molecule has 1 N–H and O–H groups in total. The van der Waals surface area contributed by atoms with Crippen molar-refractivity contribution < 1.29 is 9.47 Å². The van der Waals surface area contributed by atoms with Gasteiger partial charge in [-0.25, -0.2) is 0 Å². The summed E-state index contributed by atoms with van der Waals surface area (Å²) in [5, 5.41) is 3.72. The number of rotatable bonds is 5. The van der Waals surface area contributed by atoms with E-state index in [-0.39, 0.29) is 6.04 Å². The van der Waals surface area contributed by atoms with E-state index in [1.54, 1.807) is 7.11 Å². The molecule has 0 saturated carbocycles. The van der Waals surface area contributed by atoms with Crippen LogP contribution in [0, 0.1) is 13.8 Å². The maximum atomic E-state index is 6.17. The fourth-order valence-electron chi connectivity index (χ4n) is 4.11. The van der Waals surface area contributed by atoms with Gasteiger partial charge in [0.15, 0.2) is 11.5 Å². The Hall–Kier alpha value is -2.78.